The van der Waals surface area contributed by atoms with Crippen LogP contribution >= 0.6 is 0 Å². The molecule has 0 saturated heterocycles. The van der Waals surface area contributed by atoms with Crippen LogP contribution < -0.4 is 5.32 Å². The highest BCUT2D eigenvalue weighted by Crippen LogP contribution is 2.26. The van der Waals surface area contributed by atoms with Crippen LogP contribution in [0.25, 0.3) is 22.2 Å². The van der Waals surface area contributed by atoms with E-state index in [9.17, 15) is 4.79 Å². The van der Waals surface area contributed by atoms with E-state index in [1.807, 2.05) is 44.2 Å². The number of fused-ring (bicyclic) bond motifs is 1. The molecule has 2 aromatic carbocycles. The van der Waals surface area contributed by atoms with Gasteiger partial charge >= 0.3 is 0 Å². The van der Waals surface area contributed by atoms with E-state index >= 15 is 0 Å². The fraction of sp³-hybridized carbons (Fsp3) is 0.316. The maximum atomic E-state index is 11.8. The largest absolute Gasteiger partial charge is 0.354 e. The highest BCUT2D eigenvalue weighted by Gasteiger charge is 2.13. The molecule has 1 heterocycles. The maximum absolute atomic E-state index is 11.8. The van der Waals surface area contributed by atoms with Crippen molar-refractivity contribution < 1.29 is 9.32 Å². The summed E-state index contributed by atoms with van der Waals surface area (Å²) in [5.74, 6) is 1.05. The SMILES string of the molecule is CC[C@H](C)NC(=O)CCc1nc(-c2cccc3ccccc23)no1. The number of carbonyl (C=O) groups is 1. The molecule has 0 bridgehead atoms. The predicted octanol–water partition coefficient (Wildman–Crippen LogP) is 3.74. The van der Waals surface area contributed by atoms with E-state index in [1.54, 1.807) is 0 Å². The molecule has 0 aliphatic carbocycles. The molecule has 0 unspecified atom stereocenters. The van der Waals surface area contributed by atoms with Gasteiger partial charge in [0.1, 0.15) is 0 Å². The number of carbonyl (C=O) groups excluding carboxylic acids is 1. The highest BCUT2D eigenvalue weighted by atomic mass is 16.5. The number of aryl methyl sites for hydroxylation is 1. The third-order valence-electron chi connectivity index (χ3n) is 4.08. The van der Waals surface area contributed by atoms with E-state index in [0.29, 0.717) is 24.6 Å². The third-order valence-corrected chi connectivity index (χ3v) is 4.08. The van der Waals surface area contributed by atoms with E-state index in [2.05, 4.69) is 27.6 Å². The van der Waals surface area contributed by atoms with E-state index < -0.39 is 0 Å². The summed E-state index contributed by atoms with van der Waals surface area (Å²) in [5.41, 5.74) is 0.937. The van der Waals surface area contributed by atoms with Crippen LogP contribution in [0.2, 0.25) is 0 Å². The summed E-state index contributed by atoms with van der Waals surface area (Å²) in [6.07, 6.45) is 1.71. The molecule has 5 nitrogen and oxygen atoms in total. The van der Waals surface area contributed by atoms with Crippen LogP contribution in [-0.2, 0) is 11.2 Å². The Kier molecular flexibility index (Phi) is 4.89. The molecule has 0 spiro atoms. The van der Waals surface area contributed by atoms with Gasteiger partial charge in [-0.3, -0.25) is 4.79 Å². The van der Waals surface area contributed by atoms with Gasteiger partial charge in [0.25, 0.3) is 0 Å². The molecule has 0 fully saturated rings. The van der Waals surface area contributed by atoms with Crippen LogP contribution in [0.5, 0.6) is 0 Å². The first-order valence-corrected chi connectivity index (χ1v) is 8.27. The lowest BCUT2D eigenvalue weighted by molar-refractivity contribution is -0.121. The zero-order valence-electron chi connectivity index (χ0n) is 14.0. The average molecular weight is 323 g/mol. The van der Waals surface area contributed by atoms with Gasteiger partial charge in [-0.25, -0.2) is 0 Å². The van der Waals surface area contributed by atoms with Crippen molar-refractivity contribution in [3.05, 3.63) is 48.4 Å². The van der Waals surface area contributed by atoms with Crippen molar-refractivity contribution in [2.24, 2.45) is 0 Å². The van der Waals surface area contributed by atoms with Crippen LogP contribution in [0.4, 0.5) is 0 Å². The van der Waals surface area contributed by atoms with Crippen LogP contribution in [0.15, 0.2) is 47.0 Å². The second kappa shape index (κ2) is 7.25. The molecular weight excluding hydrogens is 302 g/mol. The zero-order valence-corrected chi connectivity index (χ0v) is 14.0. The normalized spacial score (nSPS) is 12.2. The van der Waals surface area contributed by atoms with Gasteiger partial charge in [-0.2, -0.15) is 4.98 Å². The molecule has 1 N–H and O–H groups in total. The smallest absolute Gasteiger partial charge is 0.227 e. The maximum Gasteiger partial charge on any atom is 0.227 e. The summed E-state index contributed by atoms with van der Waals surface area (Å²) >= 11 is 0. The van der Waals surface area contributed by atoms with E-state index in [4.69, 9.17) is 4.52 Å². The number of rotatable bonds is 6. The van der Waals surface area contributed by atoms with Gasteiger partial charge in [0, 0.05) is 24.4 Å². The molecule has 3 aromatic rings. The Balaban J connectivity index is 1.72. The summed E-state index contributed by atoms with van der Waals surface area (Å²) in [6.45, 7) is 4.03. The van der Waals surface area contributed by atoms with Gasteiger partial charge in [0.2, 0.25) is 17.6 Å². The Bertz CT molecular complexity index is 836. The van der Waals surface area contributed by atoms with Crippen LogP contribution in [-0.4, -0.2) is 22.1 Å². The first-order valence-electron chi connectivity index (χ1n) is 8.27. The number of aromatic nitrogens is 2. The number of nitrogens with zero attached hydrogens (tertiary/aromatic N) is 2. The minimum atomic E-state index is 0.00857. The van der Waals surface area contributed by atoms with Gasteiger partial charge in [0.15, 0.2) is 0 Å². The molecule has 0 aliphatic heterocycles. The summed E-state index contributed by atoms with van der Waals surface area (Å²) < 4.78 is 5.31. The Morgan fingerprint density at radius 3 is 2.83 bits per heavy atom. The molecule has 1 amide bonds. The number of nitrogens with one attached hydrogen (secondary N) is 1. The van der Waals surface area contributed by atoms with E-state index in [-0.39, 0.29) is 11.9 Å². The topological polar surface area (TPSA) is 68.0 Å². The number of hydrogen-bond acceptors (Lipinski definition) is 4. The van der Waals surface area contributed by atoms with Gasteiger partial charge in [-0.15, -0.1) is 0 Å². The van der Waals surface area contributed by atoms with Crippen LogP contribution in [0.1, 0.15) is 32.6 Å². The Hall–Kier alpha value is -2.69. The zero-order chi connectivity index (χ0) is 16.9. The predicted molar refractivity (Wildman–Crippen MR) is 93.5 cm³/mol. The number of benzene rings is 2. The second-order valence-electron chi connectivity index (χ2n) is 5.92. The van der Waals surface area contributed by atoms with Gasteiger partial charge in [0.05, 0.1) is 0 Å². The Labute approximate surface area is 141 Å². The summed E-state index contributed by atoms with van der Waals surface area (Å²) in [4.78, 5) is 16.3. The molecule has 124 valence electrons. The molecular formula is C19H21N3O2. The van der Waals surface area contributed by atoms with Crippen molar-refractivity contribution in [1.82, 2.24) is 15.5 Å². The van der Waals surface area contributed by atoms with Crippen molar-refractivity contribution >= 4 is 16.7 Å². The fourth-order valence-electron chi connectivity index (χ4n) is 2.56. The van der Waals surface area contributed by atoms with Crippen LogP contribution in [0, 0.1) is 0 Å². The molecule has 24 heavy (non-hydrogen) atoms. The minimum absolute atomic E-state index is 0.00857. The van der Waals surface area contributed by atoms with E-state index in [1.165, 1.54) is 0 Å². The first-order chi connectivity index (χ1) is 11.7. The Morgan fingerprint density at radius 2 is 2.00 bits per heavy atom. The molecule has 1 aromatic heterocycles. The molecule has 3 rings (SSSR count). The Morgan fingerprint density at radius 1 is 1.21 bits per heavy atom. The first kappa shape index (κ1) is 16.2. The molecule has 0 aliphatic rings. The standard InChI is InChI=1S/C19H21N3O2/c1-3-13(2)20-17(23)11-12-18-21-19(22-24-18)16-10-6-8-14-7-4-5-9-15(14)16/h4-10,13H,3,11-12H2,1-2H3,(H,20,23)/t13-/m0/s1. The molecule has 5 heteroatoms. The lowest BCUT2D eigenvalue weighted by atomic mass is 10.0. The molecule has 1 atom stereocenters. The summed E-state index contributed by atoms with van der Waals surface area (Å²) in [6, 6.07) is 14.3. The third kappa shape index (κ3) is 3.62. The number of hydrogen-bond donors (Lipinski definition) is 1. The molecule has 0 radical (unpaired) electrons. The monoisotopic (exact) mass is 323 g/mol. The lowest BCUT2D eigenvalue weighted by Crippen LogP contribution is -2.32. The lowest BCUT2D eigenvalue weighted by Gasteiger charge is -2.10. The summed E-state index contributed by atoms with van der Waals surface area (Å²) in [7, 11) is 0. The van der Waals surface area contributed by atoms with Gasteiger partial charge < -0.3 is 9.84 Å². The van der Waals surface area contributed by atoms with Gasteiger partial charge in [-0.05, 0) is 24.1 Å². The van der Waals surface area contributed by atoms with Crippen LogP contribution in [0.3, 0.4) is 0 Å². The summed E-state index contributed by atoms with van der Waals surface area (Å²) in [5, 5.41) is 9.23. The minimum Gasteiger partial charge on any atom is -0.354 e. The van der Waals surface area contributed by atoms with E-state index in [0.717, 1.165) is 22.8 Å². The average Bonchev–Trinajstić information content (AvgIpc) is 3.08. The quantitative estimate of drug-likeness (QED) is 0.750. The van der Waals surface area contributed by atoms with Crippen molar-refractivity contribution in [2.75, 3.05) is 0 Å². The van der Waals surface area contributed by atoms with Crippen molar-refractivity contribution in [3.63, 3.8) is 0 Å². The van der Waals surface area contributed by atoms with Crippen molar-refractivity contribution in [1.29, 1.82) is 0 Å². The molecule has 0 saturated carbocycles. The van der Waals surface area contributed by atoms with Crippen molar-refractivity contribution in [3.8, 4) is 11.4 Å². The number of amides is 1. The fourth-order valence-corrected chi connectivity index (χ4v) is 2.56. The second-order valence-corrected chi connectivity index (χ2v) is 5.92. The highest BCUT2D eigenvalue weighted by molar-refractivity contribution is 5.94. The van der Waals surface area contributed by atoms with Crippen molar-refractivity contribution in [2.45, 2.75) is 39.2 Å². The van der Waals surface area contributed by atoms with Gasteiger partial charge in [-0.1, -0.05) is 54.5 Å².